The highest BCUT2D eigenvalue weighted by atomic mass is 16.4. The Morgan fingerprint density at radius 2 is 1.85 bits per heavy atom. The van der Waals surface area contributed by atoms with Gasteiger partial charge in [0.25, 0.3) is 0 Å². The quantitative estimate of drug-likeness (QED) is 0.811. The van der Waals surface area contributed by atoms with E-state index in [1.165, 1.54) is 5.56 Å². The summed E-state index contributed by atoms with van der Waals surface area (Å²) in [6.45, 7) is 2.66. The SMILES string of the molecule is Cc1ccc(Cn2ccc(NC(=O)C3C4C=CC(C4)C3C(=O)O)n2)cc1. The number of fused-ring (bicyclic) bond motifs is 2. The van der Waals surface area contributed by atoms with Gasteiger partial charge >= 0.3 is 5.97 Å². The van der Waals surface area contributed by atoms with Gasteiger partial charge in [0.1, 0.15) is 0 Å². The summed E-state index contributed by atoms with van der Waals surface area (Å²) in [5.41, 5.74) is 2.33. The minimum absolute atomic E-state index is 0.00995. The van der Waals surface area contributed by atoms with E-state index in [2.05, 4.69) is 22.5 Å². The first-order valence-corrected chi connectivity index (χ1v) is 8.82. The molecule has 4 rings (SSSR count). The summed E-state index contributed by atoms with van der Waals surface area (Å²) in [6.07, 6.45) is 6.47. The molecule has 0 radical (unpaired) electrons. The third-order valence-corrected chi connectivity index (χ3v) is 5.40. The van der Waals surface area contributed by atoms with Crippen LogP contribution in [0.15, 0.2) is 48.7 Å². The third-order valence-electron chi connectivity index (χ3n) is 5.40. The van der Waals surface area contributed by atoms with Crippen molar-refractivity contribution in [3.8, 4) is 0 Å². The summed E-state index contributed by atoms with van der Waals surface area (Å²) in [6, 6.07) is 9.94. The number of aliphatic carboxylic acids is 1. The molecule has 2 aromatic rings. The second kappa shape index (κ2) is 6.44. The number of nitrogens with one attached hydrogen (secondary N) is 1. The summed E-state index contributed by atoms with van der Waals surface area (Å²) < 4.78 is 1.76. The van der Waals surface area contributed by atoms with Crippen molar-refractivity contribution >= 4 is 17.7 Å². The highest BCUT2D eigenvalue weighted by molar-refractivity contribution is 5.95. The van der Waals surface area contributed by atoms with E-state index in [0.717, 1.165) is 12.0 Å². The Kier molecular flexibility index (Phi) is 4.11. The van der Waals surface area contributed by atoms with E-state index in [1.807, 2.05) is 37.4 Å². The zero-order valence-corrected chi connectivity index (χ0v) is 14.5. The molecule has 26 heavy (non-hydrogen) atoms. The molecule has 4 unspecified atom stereocenters. The van der Waals surface area contributed by atoms with Crippen molar-refractivity contribution in [1.29, 1.82) is 0 Å². The first-order valence-electron chi connectivity index (χ1n) is 8.82. The van der Waals surface area contributed by atoms with Crippen molar-refractivity contribution < 1.29 is 14.7 Å². The molecule has 4 atom stereocenters. The van der Waals surface area contributed by atoms with Crippen molar-refractivity contribution in [2.24, 2.45) is 23.7 Å². The number of amides is 1. The summed E-state index contributed by atoms with van der Waals surface area (Å²) >= 11 is 0. The maximum Gasteiger partial charge on any atom is 0.307 e. The number of carbonyl (C=O) groups is 2. The van der Waals surface area contributed by atoms with Crippen molar-refractivity contribution in [3.63, 3.8) is 0 Å². The van der Waals surface area contributed by atoms with E-state index in [4.69, 9.17) is 0 Å². The number of aromatic nitrogens is 2. The zero-order valence-electron chi connectivity index (χ0n) is 14.5. The number of hydrogen-bond donors (Lipinski definition) is 2. The van der Waals surface area contributed by atoms with Gasteiger partial charge in [-0.25, -0.2) is 0 Å². The summed E-state index contributed by atoms with van der Waals surface area (Å²) in [5.74, 6) is -1.88. The number of rotatable bonds is 5. The molecule has 2 bridgehead atoms. The van der Waals surface area contributed by atoms with Crippen LogP contribution in [0.4, 0.5) is 5.82 Å². The molecule has 1 aromatic carbocycles. The molecule has 2 aliphatic rings. The minimum Gasteiger partial charge on any atom is -0.481 e. The number of aryl methyl sites for hydroxylation is 1. The molecule has 134 valence electrons. The Morgan fingerprint density at radius 1 is 1.15 bits per heavy atom. The van der Waals surface area contributed by atoms with Gasteiger partial charge in [0, 0.05) is 12.3 Å². The number of carboxylic acid groups (broad SMARTS) is 1. The van der Waals surface area contributed by atoms with Crippen LogP contribution in [0.2, 0.25) is 0 Å². The largest absolute Gasteiger partial charge is 0.481 e. The fraction of sp³-hybridized carbons (Fsp3) is 0.350. The summed E-state index contributed by atoms with van der Waals surface area (Å²) in [5, 5.41) is 16.7. The smallest absolute Gasteiger partial charge is 0.307 e. The standard InChI is InChI=1S/C20H21N3O3/c1-12-2-4-13(5-3-12)11-23-9-8-16(22-23)21-19(24)17-14-6-7-15(10-14)18(17)20(25)26/h2-9,14-15,17-18H,10-11H2,1H3,(H,25,26)(H,21,22,24). The Morgan fingerprint density at radius 3 is 2.54 bits per heavy atom. The van der Waals surface area contributed by atoms with Gasteiger partial charge in [0.05, 0.1) is 18.4 Å². The highest BCUT2D eigenvalue weighted by Crippen LogP contribution is 2.48. The Balaban J connectivity index is 1.44. The lowest BCUT2D eigenvalue weighted by atomic mass is 9.82. The number of allylic oxidation sites excluding steroid dienone is 2. The van der Waals surface area contributed by atoms with Crippen LogP contribution in [0.3, 0.4) is 0 Å². The number of anilines is 1. The molecule has 1 aromatic heterocycles. The van der Waals surface area contributed by atoms with E-state index in [-0.39, 0.29) is 17.7 Å². The van der Waals surface area contributed by atoms with E-state index in [0.29, 0.717) is 12.4 Å². The molecule has 1 amide bonds. The highest BCUT2D eigenvalue weighted by Gasteiger charge is 2.51. The molecule has 2 aliphatic carbocycles. The molecular formula is C20H21N3O3. The second-order valence-corrected chi connectivity index (χ2v) is 7.21. The number of benzene rings is 1. The average molecular weight is 351 g/mol. The fourth-order valence-corrected chi connectivity index (χ4v) is 4.12. The topological polar surface area (TPSA) is 84.2 Å². The van der Waals surface area contributed by atoms with E-state index in [9.17, 15) is 14.7 Å². The van der Waals surface area contributed by atoms with Crippen LogP contribution >= 0.6 is 0 Å². The van der Waals surface area contributed by atoms with Crippen molar-refractivity contribution in [2.45, 2.75) is 19.9 Å². The molecule has 1 fully saturated rings. The Hall–Kier alpha value is -2.89. The lowest BCUT2D eigenvalue weighted by Crippen LogP contribution is -2.36. The van der Waals surface area contributed by atoms with Crippen LogP contribution in [0.25, 0.3) is 0 Å². The first-order chi connectivity index (χ1) is 12.5. The predicted octanol–water partition coefficient (Wildman–Crippen LogP) is 2.70. The van der Waals surface area contributed by atoms with Crippen molar-refractivity contribution in [2.75, 3.05) is 5.32 Å². The molecular weight excluding hydrogens is 330 g/mol. The van der Waals surface area contributed by atoms with Gasteiger partial charge in [-0.2, -0.15) is 5.10 Å². The molecule has 0 spiro atoms. The number of nitrogens with zero attached hydrogens (tertiary/aromatic N) is 2. The van der Waals surface area contributed by atoms with Crippen LogP contribution in [0, 0.1) is 30.6 Å². The fourth-order valence-electron chi connectivity index (χ4n) is 4.12. The second-order valence-electron chi connectivity index (χ2n) is 7.21. The average Bonchev–Trinajstić information content (AvgIpc) is 3.32. The van der Waals surface area contributed by atoms with E-state index >= 15 is 0 Å². The maximum absolute atomic E-state index is 12.7. The number of hydrogen-bond acceptors (Lipinski definition) is 3. The molecule has 1 saturated carbocycles. The Labute approximate surface area is 151 Å². The van der Waals surface area contributed by atoms with Crippen LogP contribution in [0.5, 0.6) is 0 Å². The predicted molar refractivity (Wildman–Crippen MR) is 96.5 cm³/mol. The Bertz CT molecular complexity index is 869. The molecule has 6 nitrogen and oxygen atoms in total. The molecule has 0 saturated heterocycles. The molecule has 1 heterocycles. The van der Waals surface area contributed by atoms with E-state index < -0.39 is 17.8 Å². The number of carboxylic acids is 1. The third kappa shape index (κ3) is 3.03. The van der Waals surface area contributed by atoms with Gasteiger partial charge in [-0.1, -0.05) is 42.0 Å². The van der Waals surface area contributed by atoms with Crippen LogP contribution in [-0.4, -0.2) is 26.8 Å². The first kappa shape index (κ1) is 16.6. The normalized spacial score (nSPS) is 26.2. The maximum atomic E-state index is 12.7. The monoisotopic (exact) mass is 351 g/mol. The van der Waals surface area contributed by atoms with E-state index in [1.54, 1.807) is 10.7 Å². The van der Waals surface area contributed by atoms with Gasteiger partial charge < -0.3 is 10.4 Å². The lowest BCUT2D eigenvalue weighted by molar-refractivity contribution is -0.146. The molecule has 2 N–H and O–H groups in total. The minimum atomic E-state index is -0.896. The van der Waals surface area contributed by atoms with Crippen LogP contribution in [0.1, 0.15) is 17.5 Å². The van der Waals surface area contributed by atoms with Gasteiger partial charge in [0.2, 0.25) is 5.91 Å². The molecule has 0 aliphatic heterocycles. The molecule has 6 heteroatoms. The van der Waals surface area contributed by atoms with Crippen molar-refractivity contribution in [1.82, 2.24) is 9.78 Å². The van der Waals surface area contributed by atoms with Gasteiger partial charge in [-0.15, -0.1) is 0 Å². The summed E-state index contributed by atoms with van der Waals surface area (Å²) in [7, 11) is 0. The van der Waals surface area contributed by atoms with Crippen molar-refractivity contribution in [3.05, 3.63) is 59.8 Å². The van der Waals surface area contributed by atoms with Crippen LogP contribution < -0.4 is 5.32 Å². The van der Waals surface area contributed by atoms with Gasteiger partial charge in [0.15, 0.2) is 5.82 Å². The summed E-state index contributed by atoms with van der Waals surface area (Å²) in [4.78, 5) is 24.2. The van der Waals surface area contributed by atoms with Gasteiger partial charge in [-0.3, -0.25) is 14.3 Å². The number of carbonyl (C=O) groups excluding carboxylic acids is 1. The zero-order chi connectivity index (χ0) is 18.3. The lowest BCUT2D eigenvalue weighted by Gasteiger charge is -2.23. The van der Waals surface area contributed by atoms with Gasteiger partial charge in [-0.05, 0) is 30.7 Å². The van der Waals surface area contributed by atoms with Crippen LogP contribution in [-0.2, 0) is 16.1 Å².